The van der Waals surface area contributed by atoms with E-state index in [9.17, 15) is 14.7 Å². The summed E-state index contributed by atoms with van der Waals surface area (Å²) in [6.45, 7) is 7.59. The molecule has 0 radical (unpaired) electrons. The van der Waals surface area contributed by atoms with Gasteiger partial charge < -0.3 is 24.4 Å². The molecular weight excluding hydrogens is 432 g/mol. The van der Waals surface area contributed by atoms with E-state index >= 15 is 0 Å². The molecule has 1 aliphatic heterocycles. The number of benzene rings is 2. The van der Waals surface area contributed by atoms with Crippen molar-refractivity contribution in [2.75, 3.05) is 40.4 Å². The van der Waals surface area contributed by atoms with Crippen LogP contribution in [0.25, 0.3) is 5.76 Å². The third-order valence-electron chi connectivity index (χ3n) is 5.55. The van der Waals surface area contributed by atoms with Crippen LogP contribution in [0.15, 0.2) is 66.8 Å². The molecule has 2 aromatic rings. The fraction of sp³-hybridized carbons (Fsp3) is 0.333. The summed E-state index contributed by atoms with van der Waals surface area (Å²) in [5.41, 5.74) is 1.26. The van der Waals surface area contributed by atoms with E-state index in [4.69, 9.17) is 9.47 Å². The first-order valence-electron chi connectivity index (χ1n) is 11.4. The van der Waals surface area contributed by atoms with Crippen LogP contribution in [0.4, 0.5) is 0 Å². The summed E-state index contributed by atoms with van der Waals surface area (Å²) in [6, 6.07) is 13.4. The van der Waals surface area contributed by atoms with Gasteiger partial charge in [0.15, 0.2) is 0 Å². The average Bonchev–Trinajstić information content (AvgIpc) is 3.08. The Labute approximate surface area is 200 Å². The maximum Gasteiger partial charge on any atom is 0.295 e. The molecule has 7 heteroatoms. The Morgan fingerprint density at radius 3 is 2.26 bits per heavy atom. The third-order valence-corrected chi connectivity index (χ3v) is 5.55. The zero-order valence-electron chi connectivity index (χ0n) is 20.0. The summed E-state index contributed by atoms with van der Waals surface area (Å²) >= 11 is 0. The van der Waals surface area contributed by atoms with Crippen molar-refractivity contribution >= 4 is 17.4 Å². The van der Waals surface area contributed by atoms with E-state index in [1.54, 1.807) is 35.2 Å². The molecule has 1 heterocycles. The number of hydrogen-bond donors (Lipinski definition) is 1. The number of carbonyl (C=O) groups excluding carboxylic acids is 2. The highest BCUT2D eigenvalue weighted by Crippen LogP contribution is 2.40. The van der Waals surface area contributed by atoms with Gasteiger partial charge in [-0.2, -0.15) is 0 Å². The number of likely N-dealkylation sites (tertiary alicyclic amines) is 1. The minimum absolute atomic E-state index is 0.0822. The topological polar surface area (TPSA) is 79.3 Å². The van der Waals surface area contributed by atoms with Crippen LogP contribution in [0.2, 0.25) is 0 Å². The zero-order valence-corrected chi connectivity index (χ0v) is 20.0. The van der Waals surface area contributed by atoms with Crippen LogP contribution < -0.4 is 9.47 Å². The lowest BCUT2D eigenvalue weighted by atomic mass is 9.95. The monoisotopic (exact) mass is 464 g/mol. The molecule has 2 aromatic carbocycles. The molecule has 3 rings (SSSR count). The number of Topliss-reactive ketones (excluding diaryl/α,β-unsaturated/α-hetero) is 1. The molecule has 0 aliphatic carbocycles. The molecule has 1 atom stereocenters. The van der Waals surface area contributed by atoms with Crippen LogP contribution in [0, 0.1) is 0 Å². The van der Waals surface area contributed by atoms with Crippen LogP contribution >= 0.6 is 0 Å². The molecule has 0 aromatic heterocycles. The molecule has 1 amide bonds. The van der Waals surface area contributed by atoms with Crippen LogP contribution in [-0.2, 0) is 9.59 Å². The highest BCUT2D eigenvalue weighted by molar-refractivity contribution is 6.46. The van der Waals surface area contributed by atoms with Gasteiger partial charge in [0, 0.05) is 12.1 Å². The first-order valence-corrected chi connectivity index (χ1v) is 11.4. The van der Waals surface area contributed by atoms with Crippen molar-refractivity contribution in [3.63, 3.8) is 0 Å². The van der Waals surface area contributed by atoms with Gasteiger partial charge in [0.25, 0.3) is 11.7 Å². The number of hydrogen-bond acceptors (Lipinski definition) is 6. The second-order valence-electron chi connectivity index (χ2n) is 8.28. The van der Waals surface area contributed by atoms with Gasteiger partial charge in [-0.05, 0) is 75.9 Å². The maximum atomic E-state index is 13.1. The lowest BCUT2D eigenvalue weighted by Gasteiger charge is -2.26. The number of rotatable bonds is 11. The lowest BCUT2D eigenvalue weighted by molar-refractivity contribution is -0.139. The number of ketones is 1. The maximum absolute atomic E-state index is 13.1. The highest BCUT2D eigenvalue weighted by Gasteiger charge is 2.45. The van der Waals surface area contributed by atoms with Crippen LogP contribution in [0.1, 0.15) is 30.5 Å². The second-order valence-corrected chi connectivity index (χ2v) is 8.28. The molecule has 1 N–H and O–H groups in total. The highest BCUT2D eigenvalue weighted by atomic mass is 16.5. The molecule has 0 spiro atoms. The van der Waals surface area contributed by atoms with Crippen molar-refractivity contribution in [3.05, 3.63) is 77.9 Å². The van der Waals surface area contributed by atoms with Gasteiger partial charge in [-0.1, -0.05) is 24.8 Å². The van der Waals surface area contributed by atoms with Crippen molar-refractivity contribution in [3.8, 4) is 11.5 Å². The van der Waals surface area contributed by atoms with E-state index in [-0.39, 0.29) is 11.3 Å². The quantitative estimate of drug-likeness (QED) is 0.234. The van der Waals surface area contributed by atoms with E-state index in [1.165, 1.54) is 0 Å². The van der Waals surface area contributed by atoms with E-state index in [0.29, 0.717) is 43.2 Å². The van der Waals surface area contributed by atoms with E-state index in [0.717, 1.165) is 12.1 Å². The Morgan fingerprint density at radius 1 is 1.06 bits per heavy atom. The molecule has 1 unspecified atom stereocenters. The number of ether oxygens (including phenoxy) is 2. The van der Waals surface area contributed by atoms with Gasteiger partial charge in [0.05, 0.1) is 18.2 Å². The standard InChI is InChI=1S/C27H32N2O5/c1-5-18-34-22-14-10-20(11-15-22)25(30)23-24(19-8-12-21(13-9-19)33-6-2)29(27(32)26(23)31)17-7-16-28(3)4/h5,8-15,24,30H,1,6-7,16-18H2,2-4H3. The third kappa shape index (κ3) is 5.66. The number of carbonyl (C=O) groups is 2. The number of aliphatic hydroxyl groups excluding tert-OH is 1. The Bertz CT molecular complexity index is 1040. The summed E-state index contributed by atoms with van der Waals surface area (Å²) in [4.78, 5) is 29.7. The van der Waals surface area contributed by atoms with Crippen molar-refractivity contribution in [2.24, 2.45) is 0 Å². The molecule has 1 aliphatic rings. The van der Waals surface area contributed by atoms with Crippen molar-refractivity contribution in [2.45, 2.75) is 19.4 Å². The zero-order chi connectivity index (χ0) is 24.7. The second kappa shape index (κ2) is 11.5. The summed E-state index contributed by atoms with van der Waals surface area (Å²) in [5, 5.41) is 11.2. The van der Waals surface area contributed by atoms with Gasteiger partial charge >= 0.3 is 0 Å². The summed E-state index contributed by atoms with van der Waals surface area (Å²) in [6.07, 6.45) is 2.34. The molecule has 0 saturated carbocycles. The van der Waals surface area contributed by atoms with E-state index < -0.39 is 17.7 Å². The Hall–Kier alpha value is -3.58. The summed E-state index contributed by atoms with van der Waals surface area (Å²) in [7, 11) is 3.92. The molecule has 180 valence electrons. The average molecular weight is 465 g/mol. The molecule has 34 heavy (non-hydrogen) atoms. The van der Waals surface area contributed by atoms with Gasteiger partial charge in [-0.25, -0.2) is 0 Å². The van der Waals surface area contributed by atoms with Crippen molar-refractivity contribution < 1.29 is 24.2 Å². The molecule has 0 bridgehead atoms. The molecule has 7 nitrogen and oxygen atoms in total. The van der Waals surface area contributed by atoms with Crippen molar-refractivity contribution in [1.82, 2.24) is 9.80 Å². The van der Waals surface area contributed by atoms with Crippen LogP contribution in [0.5, 0.6) is 11.5 Å². The Morgan fingerprint density at radius 2 is 1.68 bits per heavy atom. The van der Waals surface area contributed by atoms with Gasteiger partial charge in [0.2, 0.25) is 0 Å². The van der Waals surface area contributed by atoms with Crippen molar-refractivity contribution in [1.29, 1.82) is 0 Å². The van der Waals surface area contributed by atoms with Gasteiger partial charge in [-0.3, -0.25) is 9.59 Å². The normalized spacial score (nSPS) is 17.3. The van der Waals surface area contributed by atoms with Gasteiger partial charge in [0.1, 0.15) is 23.9 Å². The minimum atomic E-state index is -0.687. The molecular formula is C27H32N2O5. The molecule has 1 fully saturated rings. The SMILES string of the molecule is C=CCOc1ccc(C(O)=C2C(=O)C(=O)N(CCCN(C)C)C2c2ccc(OCC)cc2)cc1. The van der Waals surface area contributed by atoms with E-state index in [2.05, 4.69) is 6.58 Å². The number of amides is 1. The first-order chi connectivity index (χ1) is 16.4. The van der Waals surface area contributed by atoms with E-state index in [1.807, 2.05) is 50.2 Å². The number of aliphatic hydroxyl groups is 1. The summed E-state index contributed by atoms with van der Waals surface area (Å²) < 4.78 is 11.0. The van der Waals surface area contributed by atoms with Crippen LogP contribution in [-0.4, -0.2) is 67.0 Å². The number of nitrogens with zero attached hydrogens (tertiary/aromatic N) is 2. The fourth-order valence-corrected chi connectivity index (χ4v) is 3.95. The Balaban J connectivity index is 2.01. The summed E-state index contributed by atoms with van der Waals surface area (Å²) in [5.74, 6) is -0.185. The van der Waals surface area contributed by atoms with Gasteiger partial charge in [-0.15, -0.1) is 0 Å². The Kier molecular flexibility index (Phi) is 8.49. The lowest BCUT2D eigenvalue weighted by Crippen LogP contribution is -2.32. The smallest absolute Gasteiger partial charge is 0.295 e. The minimum Gasteiger partial charge on any atom is -0.507 e. The fourth-order valence-electron chi connectivity index (χ4n) is 3.95. The predicted molar refractivity (Wildman–Crippen MR) is 132 cm³/mol. The predicted octanol–water partition coefficient (Wildman–Crippen LogP) is 4.02. The molecule has 1 saturated heterocycles. The van der Waals surface area contributed by atoms with Crippen LogP contribution in [0.3, 0.4) is 0 Å². The largest absolute Gasteiger partial charge is 0.507 e. The first kappa shape index (κ1) is 25.1.